The number of nitrogens with zero attached hydrogens (tertiary/aromatic N) is 2. The highest BCUT2D eigenvalue weighted by Crippen LogP contribution is 2.42. The lowest BCUT2D eigenvalue weighted by atomic mass is 10.0. The average molecular weight is 376 g/mol. The molecule has 0 unspecified atom stereocenters. The maximum atomic E-state index is 4.52. The molecular weight excluding hydrogens is 346 g/mol. The molecule has 0 amide bonds. The fourth-order valence-electron chi connectivity index (χ4n) is 4.04. The number of thioether (sulfide) groups is 1. The zero-order valence-electron chi connectivity index (χ0n) is 15.3. The standard InChI is InChI=1S/C20H29N3S2/c1-15-7-8-16-5-3-2-4-6-18(16)25-20(15)13-22-23-11-9-17-19(10-12-23)24-14-21-17/h14,22H,2-13H2,1H3. The third kappa shape index (κ3) is 4.38. The molecule has 5 heteroatoms. The van der Waals surface area contributed by atoms with E-state index in [0.29, 0.717) is 0 Å². The van der Waals surface area contributed by atoms with Crippen molar-refractivity contribution in [2.24, 2.45) is 0 Å². The van der Waals surface area contributed by atoms with Gasteiger partial charge in [-0.25, -0.2) is 9.99 Å². The van der Waals surface area contributed by atoms with Crippen molar-refractivity contribution in [2.45, 2.75) is 64.7 Å². The maximum absolute atomic E-state index is 4.52. The number of fused-ring (bicyclic) bond motifs is 1. The highest BCUT2D eigenvalue weighted by atomic mass is 32.2. The van der Waals surface area contributed by atoms with Gasteiger partial charge in [0.1, 0.15) is 0 Å². The Labute approximate surface area is 160 Å². The van der Waals surface area contributed by atoms with Gasteiger partial charge < -0.3 is 0 Å². The Morgan fingerprint density at radius 1 is 1.04 bits per heavy atom. The molecule has 0 bridgehead atoms. The number of allylic oxidation sites excluding steroid dienone is 3. The summed E-state index contributed by atoms with van der Waals surface area (Å²) in [6.07, 6.45) is 11.6. The van der Waals surface area contributed by atoms with Gasteiger partial charge in [0, 0.05) is 35.8 Å². The van der Waals surface area contributed by atoms with E-state index in [1.54, 1.807) is 21.0 Å². The lowest BCUT2D eigenvalue weighted by Crippen LogP contribution is -2.40. The molecule has 1 N–H and O–H groups in total. The third-order valence-corrected chi connectivity index (χ3v) is 8.13. The van der Waals surface area contributed by atoms with Gasteiger partial charge in [-0.05, 0) is 56.8 Å². The molecule has 4 rings (SSSR count). The maximum Gasteiger partial charge on any atom is 0.0797 e. The molecule has 3 aliphatic rings. The van der Waals surface area contributed by atoms with E-state index < -0.39 is 0 Å². The summed E-state index contributed by atoms with van der Waals surface area (Å²) in [6.45, 7) is 5.51. The largest absolute Gasteiger partial charge is 0.250 e. The summed E-state index contributed by atoms with van der Waals surface area (Å²) in [7, 11) is 0. The number of nitrogens with one attached hydrogen (secondary N) is 1. The van der Waals surface area contributed by atoms with E-state index in [1.165, 1.54) is 55.5 Å². The van der Waals surface area contributed by atoms with Gasteiger partial charge in [0.15, 0.2) is 0 Å². The third-order valence-electron chi connectivity index (χ3n) is 5.72. The second kappa shape index (κ2) is 8.38. The lowest BCUT2D eigenvalue weighted by molar-refractivity contribution is 0.206. The Bertz CT molecular complexity index is 652. The van der Waals surface area contributed by atoms with E-state index in [2.05, 4.69) is 34.1 Å². The Morgan fingerprint density at radius 3 is 2.88 bits per heavy atom. The van der Waals surface area contributed by atoms with Gasteiger partial charge in [-0.3, -0.25) is 5.43 Å². The summed E-state index contributed by atoms with van der Waals surface area (Å²) >= 11 is 3.92. The first-order valence-electron chi connectivity index (χ1n) is 9.76. The fourth-order valence-corrected chi connectivity index (χ4v) is 6.15. The second-order valence-electron chi connectivity index (χ2n) is 7.44. The van der Waals surface area contributed by atoms with Gasteiger partial charge in [0.05, 0.1) is 11.2 Å². The molecule has 1 aromatic rings. The predicted octanol–water partition coefficient (Wildman–Crippen LogP) is 5.07. The van der Waals surface area contributed by atoms with E-state index in [0.717, 1.165) is 32.5 Å². The molecule has 2 aliphatic heterocycles. The molecule has 0 saturated carbocycles. The Kier molecular flexibility index (Phi) is 5.96. The van der Waals surface area contributed by atoms with Crippen LogP contribution in [-0.4, -0.2) is 29.6 Å². The first kappa shape index (κ1) is 17.8. The van der Waals surface area contributed by atoms with E-state index in [4.69, 9.17) is 0 Å². The van der Waals surface area contributed by atoms with Crippen LogP contribution in [0.3, 0.4) is 0 Å². The van der Waals surface area contributed by atoms with Gasteiger partial charge in [0.25, 0.3) is 0 Å². The molecule has 3 heterocycles. The molecule has 0 saturated heterocycles. The van der Waals surface area contributed by atoms with E-state index in [-0.39, 0.29) is 0 Å². The Balaban J connectivity index is 1.36. The van der Waals surface area contributed by atoms with E-state index in [1.807, 2.05) is 16.8 Å². The Morgan fingerprint density at radius 2 is 1.92 bits per heavy atom. The predicted molar refractivity (Wildman–Crippen MR) is 109 cm³/mol. The quantitative estimate of drug-likeness (QED) is 0.798. The molecule has 0 atom stereocenters. The number of hydrogen-bond donors (Lipinski definition) is 1. The normalized spacial score (nSPS) is 22.9. The molecular formula is C20H29N3S2. The molecule has 0 fully saturated rings. The molecule has 0 spiro atoms. The number of hydrazine groups is 1. The zero-order valence-corrected chi connectivity index (χ0v) is 16.9. The molecule has 0 radical (unpaired) electrons. The van der Waals surface area contributed by atoms with Crippen molar-refractivity contribution >= 4 is 23.1 Å². The highest BCUT2D eigenvalue weighted by molar-refractivity contribution is 8.06. The van der Waals surface area contributed by atoms with Crippen LogP contribution in [0.1, 0.15) is 62.4 Å². The van der Waals surface area contributed by atoms with Crippen molar-refractivity contribution in [2.75, 3.05) is 19.6 Å². The van der Waals surface area contributed by atoms with Gasteiger partial charge in [-0.1, -0.05) is 29.3 Å². The van der Waals surface area contributed by atoms with Crippen LogP contribution in [0.5, 0.6) is 0 Å². The minimum atomic E-state index is 0.994. The molecule has 1 aliphatic carbocycles. The van der Waals surface area contributed by atoms with Crippen molar-refractivity contribution in [3.63, 3.8) is 0 Å². The first-order valence-corrected chi connectivity index (χ1v) is 11.5. The molecule has 0 aromatic carbocycles. The Hall–Kier alpha value is -0.620. The number of hydrogen-bond acceptors (Lipinski definition) is 5. The zero-order chi connectivity index (χ0) is 17.1. The van der Waals surface area contributed by atoms with E-state index in [9.17, 15) is 0 Å². The summed E-state index contributed by atoms with van der Waals surface area (Å²) in [5.41, 5.74) is 10.4. The second-order valence-corrected chi connectivity index (χ2v) is 9.57. The summed E-state index contributed by atoms with van der Waals surface area (Å²) in [5, 5.41) is 2.42. The molecule has 136 valence electrons. The highest BCUT2D eigenvalue weighted by Gasteiger charge is 2.20. The lowest BCUT2D eigenvalue weighted by Gasteiger charge is -2.22. The average Bonchev–Trinajstić information content (AvgIpc) is 2.76. The summed E-state index contributed by atoms with van der Waals surface area (Å²) < 4.78 is 0. The topological polar surface area (TPSA) is 28.2 Å². The van der Waals surface area contributed by atoms with Crippen LogP contribution in [-0.2, 0) is 12.8 Å². The fraction of sp³-hybridized carbons (Fsp3) is 0.650. The van der Waals surface area contributed by atoms with Crippen molar-refractivity contribution in [3.8, 4) is 0 Å². The number of thiazole rings is 1. The van der Waals surface area contributed by atoms with Crippen LogP contribution in [0.2, 0.25) is 0 Å². The summed E-state index contributed by atoms with van der Waals surface area (Å²) in [5.74, 6) is 0. The molecule has 3 nitrogen and oxygen atoms in total. The first-order chi connectivity index (χ1) is 12.3. The van der Waals surface area contributed by atoms with Crippen LogP contribution in [0.4, 0.5) is 0 Å². The van der Waals surface area contributed by atoms with Gasteiger partial charge in [0.2, 0.25) is 0 Å². The summed E-state index contributed by atoms with van der Waals surface area (Å²) in [4.78, 5) is 9.28. The minimum absolute atomic E-state index is 0.994. The van der Waals surface area contributed by atoms with Crippen LogP contribution in [0.25, 0.3) is 0 Å². The van der Waals surface area contributed by atoms with Crippen LogP contribution in [0, 0.1) is 0 Å². The van der Waals surface area contributed by atoms with Crippen LogP contribution < -0.4 is 5.43 Å². The van der Waals surface area contributed by atoms with Crippen molar-refractivity contribution < 1.29 is 0 Å². The smallest absolute Gasteiger partial charge is 0.0797 e. The van der Waals surface area contributed by atoms with Gasteiger partial charge in [-0.15, -0.1) is 11.3 Å². The number of aromatic nitrogens is 1. The molecule has 1 aromatic heterocycles. The van der Waals surface area contributed by atoms with Crippen LogP contribution >= 0.6 is 23.1 Å². The SMILES string of the molecule is CC1=C(CNN2CCc3ncsc3CC2)SC2=C(CCCCC2)CC1. The monoisotopic (exact) mass is 375 g/mol. The molecule has 25 heavy (non-hydrogen) atoms. The van der Waals surface area contributed by atoms with Crippen molar-refractivity contribution in [1.82, 2.24) is 15.4 Å². The van der Waals surface area contributed by atoms with Crippen molar-refractivity contribution in [3.05, 3.63) is 37.0 Å². The van der Waals surface area contributed by atoms with Crippen molar-refractivity contribution in [1.29, 1.82) is 0 Å². The summed E-state index contributed by atoms with van der Waals surface area (Å²) in [6, 6.07) is 0. The van der Waals surface area contributed by atoms with Gasteiger partial charge >= 0.3 is 0 Å². The van der Waals surface area contributed by atoms with E-state index >= 15 is 0 Å². The number of rotatable bonds is 3. The van der Waals surface area contributed by atoms with Gasteiger partial charge in [-0.2, -0.15) is 0 Å². The van der Waals surface area contributed by atoms with Crippen LogP contribution in [0.15, 0.2) is 26.5 Å². The minimum Gasteiger partial charge on any atom is -0.250 e.